The second-order valence-corrected chi connectivity index (χ2v) is 7.76. The van der Waals surface area contributed by atoms with Crippen LogP contribution in [0, 0.1) is 6.92 Å². The average molecular weight is 333 g/mol. The van der Waals surface area contributed by atoms with Gasteiger partial charge < -0.3 is 0 Å². The molecule has 1 aromatic heterocycles. The summed E-state index contributed by atoms with van der Waals surface area (Å²) < 4.78 is 30.1. The van der Waals surface area contributed by atoms with E-state index in [9.17, 15) is 8.42 Å². The molecule has 6 heteroatoms. The molecule has 1 fully saturated rings. The van der Waals surface area contributed by atoms with Crippen molar-refractivity contribution in [2.75, 3.05) is 4.72 Å². The van der Waals surface area contributed by atoms with Gasteiger partial charge in [-0.15, -0.1) is 0 Å². The predicted molar refractivity (Wildman–Crippen MR) is 91.1 cm³/mol. The monoisotopic (exact) mass is 333 g/mol. The van der Waals surface area contributed by atoms with Gasteiger partial charge in [0, 0.05) is 6.20 Å². The van der Waals surface area contributed by atoms with E-state index in [0.717, 1.165) is 24.8 Å². The number of anilines is 1. The second-order valence-electron chi connectivity index (χ2n) is 6.11. The van der Waals surface area contributed by atoms with Crippen molar-refractivity contribution in [3.63, 3.8) is 0 Å². The first-order valence-corrected chi connectivity index (χ1v) is 9.66. The smallest absolute Gasteiger partial charge is 0.265 e. The van der Waals surface area contributed by atoms with Crippen LogP contribution in [0.3, 0.4) is 0 Å². The molecule has 5 nitrogen and oxygen atoms in total. The summed E-state index contributed by atoms with van der Waals surface area (Å²) in [5.41, 5.74) is 2.18. The molecule has 124 valence electrons. The molecule has 0 amide bonds. The van der Waals surface area contributed by atoms with Gasteiger partial charge >= 0.3 is 0 Å². The molecule has 0 radical (unpaired) electrons. The van der Waals surface area contributed by atoms with Crippen LogP contribution in [0.1, 0.15) is 49.9 Å². The Balaban J connectivity index is 1.90. The van der Waals surface area contributed by atoms with Crippen molar-refractivity contribution in [3.05, 3.63) is 41.7 Å². The molecule has 1 heterocycles. The van der Waals surface area contributed by atoms with E-state index in [1.54, 1.807) is 19.2 Å². The molecule has 1 N–H and O–H groups in total. The molecular weight excluding hydrogens is 310 g/mol. The number of para-hydroxylation sites is 1. The lowest BCUT2D eigenvalue weighted by atomic mass is 10.1. The topological polar surface area (TPSA) is 64.0 Å². The third-order valence-corrected chi connectivity index (χ3v) is 5.97. The SMILES string of the molecule is CCc1ccccc1NS(=O)(=O)c1cn(C2CCCC2)nc1C. The molecule has 23 heavy (non-hydrogen) atoms. The largest absolute Gasteiger partial charge is 0.279 e. The fourth-order valence-corrected chi connectivity index (χ4v) is 4.49. The number of rotatable bonds is 5. The molecule has 2 aromatic rings. The third kappa shape index (κ3) is 3.27. The van der Waals surface area contributed by atoms with Crippen molar-refractivity contribution in [2.24, 2.45) is 0 Å². The summed E-state index contributed by atoms with van der Waals surface area (Å²) >= 11 is 0. The van der Waals surface area contributed by atoms with Crippen molar-refractivity contribution in [1.82, 2.24) is 9.78 Å². The number of hydrogen-bond donors (Lipinski definition) is 1. The highest BCUT2D eigenvalue weighted by Crippen LogP contribution is 2.30. The molecule has 1 aliphatic rings. The summed E-state index contributed by atoms with van der Waals surface area (Å²) in [5.74, 6) is 0. The Morgan fingerprint density at radius 3 is 2.65 bits per heavy atom. The number of aryl methyl sites for hydroxylation is 2. The number of aromatic nitrogens is 2. The Morgan fingerprint density at radius 2 is 1.96 bits per heavy atom. The zero-order valence-corrected chi connectivity index (χ0v) is 14.4. The summed E-state index contributed by atoms with van der Waals surface area (Å²) in [6, 6.07) is 7.83. The van der Waals surface area contributed by atoms with Crippen molar-refractivity contribution >= 4 is 15.7 Å². The highest BCUT2D eigenvalue weighted by Gasteiger charge is 2.25. The number of nitrogens with zero attached hydrogens (tertiary/aromatic N) is 2. The minimum absolute atomic E-state index is 0.273. The predicted octanol–water partition coefficient (Wildman–Crippen LogP) is 3.67. The first-order valence-electron chi connectivity index (χ1n) is 8.17. The van der Waals surface area contributed by atoms with E-state index in [1.165, 1.54) is 12.8 Å². The quantitative estimate of drug-likeness (QED) is 0.908. The maximum absolute atomic E-state index is 12.8. The van der Waals surface area contributed by atoms with Crippen molar-refractivity contribution in [1.29, 1.82) is 0 Å². The fraction of sp³-hybridized carbons (Fsp3) is 0.471. The molecule has 0 unspecified atom stereocenters. The minimum Gasteiger partial charge on any atom is -0.279 e. The van der Waals surface area contributed by atoms with Gasteiger partial charge in [0.2, 0.25) is 0 Å². The Morgan fingerprint density at radius 1 is 1.26 bits per heavy atom. The standard InChI is InChI=1S/C17H23N3O2S/c1-3-14-8-4-7-11-16(14)19-23(21,22)17-12-20(18-13(17)2)15-9-5-6-10-15/h4,7-8,11-12,15,19H,3,5-6,9-10H2,1-2H3. The van der Waals surface area contributed by atoms with E-state index >= 15 is 0 Å². The van der Waals surface area contributed by atoms with Crippen LogP contribution in [-0.4, -0.2) is 18.2 Å². The molecule has 0 aliphatic heterocycles. The van der Waals surface area contributed by atoms with Gasteiger partial charge in [-0.2, -0.15) is 5.10 Å². The molecule has 1 aliphatic carbocycles. The Labute approximate surface area is 137 Å². The summed E-state index contributed by atoms with van der Waals surface area (Å²) in [6.07, 6.45) is 6.99. The number of benzene rings is 1. The molecule has 1 saturated carbocycles. The van der Waals surface area contributed by atoms with Gasteiger partial charge in [0.05, 0.1) is 17.4 Å². The maximum atomic E-state index is 12.8. The summed E-state index contributed by atoms with van der Waals surface area (Å²) in [7, 11) is -3.62. The average Bonchev–Trinajstić information content (AvgIpc) is 3.16. The summed E-state index contributed by atoms with van der Waals surface area (Å²) in [4.78, 5) is 0.273. The number of hydrogen-bond acceptors (Lipinski definition) is 3. The van der Waals surface area contributed by atoms with Gasteiger partial charge in [-0.3, -0.25) is 9.40 Å². The molecule has 1 aromatic carbocycles. The highest BCUT2D eigenvalue weighted by atomic mass is 32.2. The first-order chi connectivity index (χ1) is 11.0. The van der Waals surface area contributed by atoms with Gasteiger partial charge in [-0.1, -0.05) is 38.0 Å². The van der Waals surface area contributed by atoms with E-state index in [0.29, 0.717) is 17.4 Å². The maximum Gasteiger partial charge on any atom is 0.265 e. The fourth-order valence-electron chi connectivity index (χ4n) is 3.21. The molecule has 0 spiro atoms. The van der Waals surface area contributed by atoms with Crippen LogP contribution in [0.5, 0.6) is 0 Å². The molecule has 3 rings (SSSR count). The zero-order valence-electron chi connectivity index (χ0n) is 13.6. The first kappa shape index (κ1) is 16.1. The molecular formula is C17H23N3O2S. The third-order valence-electron chi connectivity index (χ3n) is 4.50. The Bertz CT molecular complexity index is 790. The molecule has 0 bridgehead atoms. The van der Waals surface area contributed by atoms with Crippen LogP contribution < -0.4 is 4.72 Å². The lowest BCUT2D eigenvalue weighted by molar-refractivity contribution is 0.464. The van der Waals surface area contributed by atoms with Gasteiger partial charge in [-0.05, 0) is 37.8 Å². The normalized spacial score (nSPS) is 15.9. The van der Waals surface area contributed by atoms with Crippen LogP contribution in [0.2, 0.25) is 0 Å². The lowest BCUT2D eigenvalue weighted by Crippen LogP contribution is -2.14. The Hall–Kier alpha value is -1.82. The van der Waals surface area contributed by atoms with E-state index in [2.05, 4.69) is 9.82 Å². The van der Waals surface area contributed by atoms with Crippen molar-refractivity contribution in [2.45, 2.75) is 56.9 Å². The van der Waals surface area contributed by atoms with Crippen LogP contribution in [-0.2, 0) is 16.4 Å². The minimum atomic E-state index is -3.62. The van der Waals surface area contributed by atoms with E-state index in [-0.39, 0.29) is 4.90 Å². The number of nitrogens with one attached hydrogen (secondary N) is 1. The summed E-state index contributed by atoms with van der Waals surface area (Å²) in [6.45, 7) is 3.77. The van der Waals surface area contributed by atoms with Crippen molar-refractivity contribution in [3.8, 4) is 0 Å². The Kier molecular flexibility index (Phi) is 4.43. The van der Waals surface area contributed by atoms with E-state index in [1.807, 2.05) is 29.8 Å². The van der Waals surface area contributed by atoms with E-state index < -0.39 is 10.0 Å². The number of sulfonamides is 1. The van der Waals surface area contributed by atoms with Gasteiger partial charge in [0.25, 0.3) is 10.0 Å². The van der Waals surface area contributed by atoms with Crippen LogP contribution in [0.25, 0.3) is 0 Å². The lowest BCUT2D eigenvalue weighted by Gasteiger charge is -2.11. The van der Waals surface area contributed by atoms with Crippen LogP contribution >= 0.6 is 0 Å². The van der Waals surface area contributed by atoms with Crippen LogP contribution in [0.15, 0.2) is 35.4 Å². The summed E-state index contributed by atoms with van der Waals surface area (Å²) in [5, 5.41) is 4.44. The zero-order chi connectivity index (χ0) is 16.4. The highest BCUT2D eigenvalue weighted by molar-refractivity contribution is 7.92. The second kappa shape index (κ2) is 6.35. The van der Waals surface area contributed by atoms with E-state index in [4.69, 9.17) is 0 Å². The van der Waals surface area contributed by atoms with Gasteiger partial charge in [0.15, 0.2) is 0 Å². The van der Waals surface area contributed by atoms with Crippen LogP contribution in [0.4, 0.5) is 5.69 Å². The van der Waals surface area contributed by atoms with Gasteiger partial charge in [-0.25, -0.2) is 8.42 Å². The van der Waals surface area contributed by atoms with Gasteiger partial charge in [0.1, 0.15) is 4.90 Å². The van der Waals surface area contributed by atoms with Crippen molar-refractivity contribution < 1.29 is 8.42 Å². The molecule has 0 atom stereocenters. The molecule has 0 saturated heterocycles.